The summed E-state index contributed by atoms with van der Waals surface area (Å²) in [6, 6.07) is 6.13. The van der Waals surface area contributed by atoms with Crippen LogP contribution in [0.25, 0.3) is 0 Å². The Morgan fingerprint density at radius 3 is 2.90 bits per heavy atom. The zero-order valence-electron chi connectivity index (χ0n) is 12.2. The Bertz CT molecular complexity index is 443. The van der Waals surface area contributed by atoms with Gasteiger partial charge in [0, 0.05) is 18.8 Å². The number of carbonyl (C=O) groups excluding carboxylic acids is 1. The number of nitrogens with zero attached hydrogens (tertiary/aromatic N) is 1. The standard InChI is InChI=1S/C15H23N3O.ClH/c1-12-4-5-13(2)14(10-12)17-15(19)11-18-8-3-6-16-7-9-18;/h4-5,10,16H,3,6-9,11H2,1-2H3,(H,17,19);1H. The van der Waals surface area contributed by atoms with E-state index in [1.165, 1.54) is 5.56 Å². The smallest absolute Gasteiger partial charge is 0.238 e. The summed E-state index contributed by atoms with van der Waals surface area (Å²) in [6.45, 7) is 8.49. The minimum absolute atomic E-state index is 0. The van der Waals surface area contributed by atoms with Crippen LogP contribution in [0.15, 0.2) is 18.2 Å². The van der Waals surface area contributed by atoms with Crippen molar-refractivity contribution in [2.45, 2.75) is 20.3 Å². The number of carbonyl (C=O) groups is 1. The third-order valence-electron chi connectivity index (χ3n) is 3.47. The summed E-state index contributed by atoms with van der Waals surface area (Å²) >= 11 is 0. The third-order valence-corrected chi connectivity index (χ3v) is 3.47. The molecular weight excluding hydrogens is 274 g/mol. The molecule has 1 heterocycles. The fraction of sp³-hybridized carbons (Fsp3) is 0.533. The molecule has 1 aliphatic heterocycles. The molecule has 1 amide bonds. The Morgan fingerprint density at radius 2 is 2.10 bits per heavy atom. The van der Waals surface area contributed by atoms with Crippen molar-refractivity contribution in [3.05, 3.63) is 29.3 Å². The second kappa shape index (κ2) is 8.25. The minimum Gasteiger partial charge on any atom is -0.325 e. The number of amides is 1. The van der Waals surface area contributed by atoms with E-state index >= 15 is 0 Å². The predicted octanol–water partition coefficient (Wildman–Crippen LogP) is 1.96. The van der Waals surface area contributed by atoms with E-state index < -0.39 is 0 Å². The first-order chi connectivity index (χ1) is 9.15. The van der Waals surface area contributed by atoms with Crippen LogP contribution in [0.5, 0.6) is 0 Å². The minimum atomic E-state index is 0. The largest absolute Gasteiger partial charge is 0.325 e. The Balaban J connectivity index is 0.00000200. The van der Waals surface area contributed by atoms with Crippen LogP contribution in [0.2, 0.25) is 0 Å². The van der Waals surface area contributed by atoms with Gasteiger partial charge in [0.25, 0.3) is 0 Å². The Hall–Kier alpha value is -1.10. The topological polar surface area (TPSA) is 44.4 Å². The molecule has 1 saturated heterocycles. The molecule has 0 aliphatic carbocycles. The number of rotatable bonds is 3. The maximum Gasteiger partial charge on any atom is 0.238 e. The first-order valence-electron chi connectivity index (χ1n) is 6.95. The molecule has 0 atom stereocenters. The molecule has 0 aromatic heterocycles. The van der Waals surface area contributed by atoms with Crippen molar-refractivity contribution in [3.8, 4) is 0 Å². The SMILES string of the molecule is Cc1ccc(C)c(NC(=O)CN2CCCNCC2)c1.Cl. The highest BCUT2D eigenvalue weighted by Gasteiger charge is 2.13. The van der Waals surface area contributed by atoms with E-state index in [1.807, 2.05) is 26.0 Å². The van der Waals surface area contributed by atoms with E-state index in [1.54, 1.807) is 0 Å². The molecular formula is C15H24ClN3O. The molecule has 1 aliphatic rings. The Morgan fingerprint density at radius 1 is 1.30 bits per heavy atom. The van der Waals surface area contributed by atoms with Crippen molar-refractivity contribution in [1.82, 2.24) is 10.2 Å². The number of aryl methyl sites for hydroxylation is 2. The zero-order chi connectivity index (χ0) is 13.7. The fourth-order valence-corrected chi connectivity index (χ4v) is 2.32. The molecule has 0 unspecified atom stereocenters. The Labute approximate surface area is 127 Å². The second-order valence-corrected chi connectivity index (χ2v) is 5.25. The van der Waals surface area contributed by atoms with Gasteiger partial charge in [-0.2, -0.15) is 0 Å². The van der Waals surface area contributed by atoms with Crippen LogP contribution >= 0.6 is 12.4 Å². The van der Waals surface area contributed by atoms with Crippen LogP contribution in [0.4, 0.5) is 5.69 Å². The van der Waals surface area contributed by atoms with Gasteiger partial charge >= 0.3 is 0 Å². The number of hydrogen-bond donors (Lipinski definition) is 2. The lowest BCUT2D eigenvalue weighted by molar-refractivity contribution is -0.117. The molecule has 112 valence electrons. The number of halogens is 1. The molecule has 5 heteroatoms. The highest BCUT2D eigenvalue weighted by atomic mass is 35.5. The summed E-state index contributed by atoms with van der Waals surface area (Å²) in [4.78, 5) is 14.3. The molecule has 2 rings (SSSR count). The summed E-state index contributed by atoms with van der Waals surface area (Å²) < 4.78 is 0. The average Bonchev–Trinajstić information content (AvgIpc) is 2.62. The number of benzene rings is 1. The summed E-state index contributed by atoms with van der Waals surface area (Å²) in [5, 5.41) is 6.36. The highest BCUT2D eigenvalue weighted by molar-refractivity contribution is 5.93. The maximum atomic E-state index is 12.1. The third kappa shape index (κ3) is 5.12. The molecule has 2 N–H and O–H groups in total. The van der Waals surface area contributed by atoms with Gasteiger partial charge in [0.1, 0.15) is 0 Å². The van der Waals surface area contributed by atoms with Crippen molar-refractivity contribution in [1.29, 1.82) is 0 Å². The van der Waals surface area contributed by atoms with E-state index in [9.17, 15) is 4.79 Å². The van der Waals surface area contributed by atoms with Gasteiger partial charge in [0.05, 0.1) is 6.54 Å². The van der Waals surface area contributed by atoms with Gasteiger partial charge in [-0.3, -0.25) is 9.69 Å². The number of anilines is 1. The molecule has 0 saturated carbocycles. The highest BCUT2D eigenvalue weighted by Crippen LogP contribution is 2.16. The van der Waals surface area contributed by atoms with Crippen molar-refractivity contribution in [2.75, 3.05) is 38.0 Å². The molecule has 1 fully saturated rings. The van der Waals surface area contributed by atoms with Crippen molar-refractivity contribution in [3.63, 3.8) is 0 Å². The van der Waals surface area contributed by atoms with E-state index in [0.29, 0.717) is 6.54 Å². The van der Waals surface area contributed by atoms with Crippen LogP contribution < -0.4 is 10.6 Å². The maximum absolute atomic E-state index is 12.1. The first-order valence-corrected chi connectivity index (χ1v) is 6.95. The second-order valence-electron chi connectivity index (χ2n) is 5.25. The molecule has 0 bridgehead atoms. The lowest BCUT2D eigenvalue weighted by Crippen LogP contribution is -2.35. The molecule has 0 radical (unpaired) electrons. The fourth-order valence-electron chi connectivity index (χ4n) is 2.32. The van der Waals surface area contributed by atoms with Crippen molar-refractivity contribution in [2.24, 2.45) is 0 Å². The monoisotopic (exact) mass is 297 g/mol. The van der Waals surface area contributed by atoms with Crippen LogP contribution in [-0.2, 0) is 4.79 Å². The number of nitrogens with one attached hydrogen (secondary N) is 2. The normalized spacial score (nSPS) is 16.1. The van der Waals surface area contributed by atoms with Gasteiger partial charge in [-0.15, -0.1) is 12.4 Å². The van der Waals surface area contributed by atoms with Crippen molar-refractivity contribution < 1.29 is 4.79 Å². The molecule has 4 nitrogen and oxygen atoms in total. The van der Waals surface area contributed by atoms with Gasteiger partial charge in [0.15, 0.2) is 0 Å². The van der Waals surface area contributed by atoms with Crippen molar-refractivity contribution >= 4 is 24.0 Å². The van der Waals surface area contributed by atoms with E-state index in [4.69, 9.17) is 0 Å². The number of hydrogen-bond acceptors (Lipinski definition) is 3. The summed E-state index contributed by atoms with van der Waals surface area (Å²) in [5.74, 6) is 0.0793. The first kappa shape index (κ1) is 17.0. The lowest BCUT2D eigenvalue weighted by Gasteiger charge is -2.19. The average molecular weight is 298 g/mol. The molecule has 20 heavy (non-hydrogen) atoms. The summed E-state index contributed by atoms with van der Waals surface area (Å²) in [6.07, 6.45) is 1.11. The zero-order valence-corrected chi connectivity index (χ0v) is 13.1. The van der Waals surface area contributed by atoms with Gasteiger partial charge in [-0.25, -0.2) is 0 Å². The van der Waals surface area contributed by atoms with Gasteiger partial charge in [-0.1, -0.05) is 12.1 Å². The van der Waals surface area contributed by atoms with Crippen LogP contribution in [0, 0.1) is 13.8 Å². The predicted molar refractivity (Wildman–Crippen MR) is 85.7 cm³/mol. The lowest BCUT2D eigenvalue weighted by atomic mass is 10.1. The van der Waals surface area contributed by atoms with Gasteiger partial charge in [0.2, 0.25) is 5.91 Å². The van der Waals surface area contributed by atoms with E-state index in [-0.39, 0.29) is 18.3 Å². The van der Waals surface area contributed by atoms with Crippen LogP contribution in [0.1, 0.15) is 17.5 Å². The molecule has 1 aromatic rings. The van der Waals surface area contributed by atoms with Gasteiger partial charge < -0.3 is 10.6 Å². The van der Waals surface area contributed by atoms with Crippen LogP contribution in [0.3, 0.4) is 0 Å². The van der Waals surface area contributed by atoms with E-state index in [2.05, 4.69) is 21.6 Å². The van der Waals surface area contributed by atoms with Crippen LogP contribution in [-0.4, -0.2) is 43.5 Å². The molecule has 0 spiro atoms. The Kier molecular flexibility index (Phi) is 6.99. The van der Waals surface area contributed by atoms with Gasteiger partial charge in [-0.05, 0) is 50.6 Å². The molecule has 1 aromatic carbocycles. The summed E-state index contributed by atoms with van der Waals surface area (Å²) in [5.41, 5.74) is 3.20. The quantitative estimate of drug-likeness (QED) is 0.896. The van der Waals surface area contributed by atoms with E-state index in [0.717, 1.165) is 43.9 Å². The summed E-state index contributed by atoms with van der Waals surface area (Å²) in [7, 11) is 0.